The summed E-state index contributed by atoms with van der Waals surface area (Å²) in [5, 5.41) is 22.1. The van der Waals surface area contributed by atoms with Gasteiger partial charge in [-0.1, -0.05) is 5.21 Å². The van der Waals surface area contributed by atoms with Crippen LogP contribution in [0.2, 0.25) is 0 Å². The number of carbonyl (C=O) groups is 2. The maximum absolute atomic E-state index is 11.8. The Labute approximate surface area is 118 Å². The molecule has 0 radical (unpaired) electrons. The van der Waals surface area contributed by atoms with Gasteiger partial charge in [0.15, 0.2) is 5.69 Å². The molecule has 0 saturated heterocycles. The first-order valence-electron chi connectivity index (χ1n) is 5.93. The molecule has 0 atom stereocenters. The van der Waals surface area contributed by atoms with Crippen molar-refractivity contribution in [2.75, 3.05) is 6.54 Å². The Morgan fingerprint density at radius 3 is 2.71 bits per heavy atom. The second-order valence-corrected chi connectivity index (χ2v) is 4.11. The van der Waals surface area contributed by atoms with Crippen LogP contribution >= 0.6 is 0 Å². The van der Waals surface area contributed by atoms with Gasteiger partial charge in [-0.2, -0.15) is 5.10 Å². The van der Waals surface area contributed by atoms with E-state index in [9.17, 15) is 14.4 Å². The fraction of sp³-hybridized carbons (Fsp3) is 0.273. The van der Waals surface area contributed by atoms with E-state index in [0.717, 1.165) is 4.68 Å². The van der Waals surface area contributed by atoms with Crippen LogP contribution < -0.4 is 10.9 Å². The van der Waals surface area contributed by atoms with Crippen molar-refractivity contribution >= 4 is 11.9 Å². The molecule has 0 aliphatic carbocycles. The van der Waals surface area contributed by atoms with E-state index in [1.165, 1.54) is 30.1 Å². The van der Waals surface area contributed by atoms with Crippen LogP contribution in [0, 0.1) is 0 Å². The molecular formula is C11H12N6O4. The van der Waals surface area contributed by atoms with Crippen molar-refractivity contribution in [3.63, 3.8) is 0 Å². The number of hydrogen-bond acceptors (Lipinski definition) is 6. The summed E-state index contributed by atoms with van der Waals surface area (Å²) in [6.07, 6.45) is 1.26. The van der Waals surface area contributed by atoms with E-state index in [1.807, 2.05) is 0 Å². The third-order valence-electron chi connectivity index (χ3n) is 2.58. The lowest BCUT2D eigenvalue weighted by Crippen LogP contribution is -2.30. The fourth-order valence-electron chi connectivity index (χ4n) is 1.50. The number of amides is 1. The van der Waals surface area contributed by atoms with Crippen molar-refractivity contribution in [3.8, 4) is 0 Å². The molecule has 0 aliphatic heterocycles. The minimum Gasteiger partial charge on any atom is -0.476 e. The first kappa shape index (κ1) is 14.4. The maximum atomic E-state index is 11.8. The van der Waals surface area contributed by atoms with Crippen molar-refractivity contribution in [1.82, 2.24) is 30.1 Å². The quantitative estimate of drug-likeness (QED) is 0.685. The van der Waals surface area contributed by atoms with Gasteiger partial charge in [0, 0.05) is 19.7 Å². The van der Waals surface area contributed by atoms with Crippen molar-refractivity contribution < 1.29 is 14.7 Å². The van der Waals surface area contributed by atoms with Gasteiger partial charge in [0.1, 0.15) is 5.69 Å². The lowest BCUT2D eigenvalue weighted by Gasteiger charge is -2.05. The molecule has 2 aromatic rings. The minimum absolute atomic E-state index is 0.113. The smallest absolute Gasteiger partial charge is 0.358 e. The summed E-state index contributed by atoms with van der Waals surface area (Å²) in [6.45, 7) is 0.476. The lowest BCUT2D eigenvalue weighted by molar-refractivity contribution is 0.0690. The number of rotatable bonds is 5. The van der Waals surface area contributed by atoms with Crippen LogP contribution in [0.1, 0.15) is 21.0 Å². The zero-order valence-electron chi connectivity index (χ0n) is 11.1. The Kier molecular flexibility index (Phi) is 4.07. The molecule has 2 heterocycles. The molecule has 0 bridgehead atoms. The number of carboxylic acid groups (broad SMARTS) is 1. The summed E-state index contributed by atoms with van der Waals surface area (Å²) in [6, 6.07) is 2.58. The monoisotopic (exact) mass is 292 g/mol. The molecule has 0 unspecified atom stereocenters. The predicted molar refractivity (Wildman–Crippen MR) is 68.8 cm³/mol. The molecule has 0 aromatic carbocycles. The van der Waals surface area contributed by atoms with Gasteiger partial charge in [-0.25, -0.2) is 14.2 Å². The zero-order chi connectivity index (χ0) is 15.4. The summed E-state index contributed by atoms with van der Waals surface area (Å²) in [4.78, 5) is 33.6. The molecule has 110 valence electrons. The van der Waals surface area contributed by atoms with E-state index in [0.29, 0.717) is 0 Å². The van der Waals surface area contributed by atoms with Gasteiger partial charge in [-0.05, 0) is 6.07 Å². The predicted octanol–water partition coefficient (Wildman–Crippen LogP) is -1.50. The first-order valence-corrected chi connectivity index (χ1v) is 5.93. The Morgan fingerprint density at radius 2 is 2.10 bits per heavy atom. The molecule has 0 fully saturated rings. The first-order chi connectivity index (χ1) is 9.97. The normalized spacial score (nSPS) is 10.3. The average Bonchev–Trinajstić information content (AvgIpc) is 2.91. The summed E-state index contributed by atoms with van der Waals surface area (Å²) in [5.74, 6) is -1.61. The average molecular weight is 292 g/mol. The van der Waals surface area contributed by atoms with Gasteiger partial charge in [-0.15, -0.1) is 5.10 Å². The van der Waals surface area contributed by atoms with Crippen molar-refractivity contribution in [3.05, 3.63) is 40.1 Å². The van der Waals surface area contributed by atoms with E-state index in [2.05, 4.69) is 20.7 Å². The number of carbonyl (C=O) groups excluding carboxylic acids is 1. The number of aromatic nitrogens is 5. The molecule has 10 nitrogen and oxygen atoms in total. The Balaban J connectivity index is 1.90. The van der Waals surface area contributed by atoms with Gasteiger partial charge in [0.2, 0.25) is 0 Å². The second-order valence-electron chi connectivity index (χ2n) is 4.11. The van der Waals surface area contributed by atoms with E-state index in [4.69, 9.17) is 5.11 Å². The number of aryl methyl sites for hydroxylation is 1. The molecule has 10 heteroatoms. The van der Waals surface area contributed by atoms with Gasteiger partial charge >= 0.3 is 5.97 Å². The number of carboxylic acids is 1. The van der Waals surface area contributed by atoms with E-state index in [1.54, 1.807) is 0 Å². The number of hydrogen-bond donors (Lipinski definition) is 2. The number of nitrogens with zero attached hydrogens (tertiary/aromatic N) is 5. The van der Waals surface area contributed by atoms with Crippen molar-refractivity contribution in [2.45, 2.75) is 6.54 Å². The number of nitrogens with one attached hydrogen (secondary N) is 1. The molecule has 0 spiro atoms. The highest BCUT2D eigenvalue weighted by Gasteiger charge is 2.10. The van der Waals surface area contributed by atoms with Crippen molar-refractivity contribution in [1.29, 1.82) is 0 Å². The van der Waals surface area contributed by atoms with Crippen molar-refractivity contribution in [2.24, 2.45) is 7.05 Å². The minimum atomic E-state index is -1.17. The maximum Gasteiger partial charge on any atom is 0.358 e. The third-order valence-corrected chi connectivity index (χ3v) is 2.58. The highest BCUT2D eigenvalue weighted by molar-refractivity contribution is 5.91. The highest BCUT2D eigenvalue weighted by Crippen LogP contribution is 1.93. The molecular weight excluding hydrogens is 280 g/mol. The van der Waals surface area contributed by atoms with Crippen LogP contribution in [0.4, 0.5) is 0 Å². The molecule has 2 aromatic heterocycles. The second kappa shape index (κ2) is 5.94. The Morgan fingerprint density at radius 1 is 1.33 bits per heavy atom. The van der Waals surface area contributed by atoms with Gasteiger partial charge in [0.25, 0.3) is 11.5 Å². The third kappa shape index (κ3) is 3.49. The highest BCUT2D eigenvalue weighted by atomic mass is 16.4. The molecule has 2 N–H and O–H groups in total. The number of aromatic carboxylic acids is 1. The summed E-state index contributed by atoms with van der Waals surface area (Å²) in [5.41, 5.74) is -0.363. The lowest BCUT2D eigenvalue weighted by atomic mass is 10.3. The molecule has 0 aliphatic rings. The molecule has 21 heavy (non-hydrogen) atoms. The Hall–Kier alpha value is -3.04. The van der Waals surface area contributed by atoms with Crippen LogP contribution in [0.3, 0.4) is 0 Å². The van der Waals surface area contributed by atoms with Crippen LogP contribution in [-0.4, -0.2) is 48.3 Å². The van der Waals surface area contributed by atoms with E-state index < -0.39 is 11.9 Å². The summed E-state index contributed by atoms with van der Waals surface area (Å²) < 4.78 is 2.36. The van der Waals surface area contributed by atoms with Crippen LogP contribution in [-0.2, 0) is 13.6 Å². The summed E-state index contributed by atoms with van der Waals surface area (Å²) in [7, 11) is 1.45. The van der Waals surface area contributed by atoms with E-state index >= 15 is 0 Å². The van der Waals surface area contributed by atoms with E-state index in [-0.39, 0.29) is 30.0 Å². The largest absolute Gasteiger partial charge is 0.476 e. The van der Waals surface area contributed by atoms with Crippen LogP contribution in [0.5, 0.6) is 0 Å². The summed E-state index contributed by atoms with van der Waals surface area (Å²) >= 11 is 0. The zero-order valence-corrected chi connectivity index (χ0v) is 11.1. The standard InChI is InChI=1S/C11H12N6O4/c1-16-9(18)3-2-7(14-16)10(19)12-4-5-17-6-8(11(20)21)13-15-17/h2-3,6H,4-5H2,1H3,(H,12,19)(H,20,21). The Bertz CT molecular complexity index is 734. The van der Waals surface area contributed by atoms with Crippen LogP contribution in [0.15, 0.2) is 23.1 Å². The molecule has 0 saturated carbocycles. The molecule has 1 amide bonds. The SMILES string of the molecule is Cn1nc(C(=O)NCCn2cc(C(=O)O)nn2)ccc1=O. The van der Waals surface area contributed by atoms with Gasteiger partial charge < -0.3 is 10.4 Å². The van der Waals surface area contributed by atoms with Gasteiger partial charge in [-0.3, -0.25) is 9.59 Å². The van der Waals surface area contributed by atoms with Gasteiger partial charge in [0.05, 0.1) is 12.7 Å². The topological polar surface area (TPSA) is 132 Å². The fourth-order valence-corrected chi connectivity index (χ4v) is 1.50. The van der Waals surface area contributed by atoms with Crippen LogP contribution in [0.25, 0.3) is 0 Å². The molecule has 2 rings (SSSR count).